The van der Waals surface area contributed by atoms with Crippen LogP contribution < -0.4 is 4.90 Å². The Morgan fingerprint density at radius 3 is 2.12 bits per heavy atom. The molecule has 0 aliphatic heterocycles. The van der Waals surface area contributed by atoms with Crippen molar-refractivity contribution in [3.63, 3.8) is 0 Å². The fourth-order valence-electron chi connectivity index (χ4n) is 2.85. The van der Waals surface area contributed by atoms with Gasteiger partial charge in [-0.3, -0.25) is 9.69 Å². The van der Waals surface area contributed by atoms with Crippen LogP contribution in [0.3, 0.4) is 0 Å². The van der Waals surface area contributed by atoms with Gasteiger partial charge in [-0.25, -0.2) is 4.79 Å². The normalized spacial score (nSPS) is 11.2. The van der Waals surface area contributed by atoms with E-state index in [4.69, 9.17) is 4.74 Å². The maximum absolute atomic E-state index is 13.0. The van der Waals surface area contributed by atoms with E-state index in [0.717, 1.165) is 22.4 Å². The third kappa shape index (κ3) is 5.46. The molecular formula is C20H25BaNO3. The number of benzene rings is 2. The molecular weight excluding hydrogens is 440 g/mol. The van der Waals surface area contributed by atoms with Crippen molar-refractivity contribution in [2.45, 2.75) is 33.2 Å². The molecule has 5 heteroatoms. The van der Waals surface area contributed by atoms with Gasteiger partial charge in [0.05, 0.1) is 19.2 Å². The quantitative estimate of drug-likeness (QED) is 0.504. The van der Waals surface area contributed by atoms with E-state index in [0.29, 0.717) is 0 Å². The van der Waals surface area contributed by atoms with Crippen molar-refractivity contribution >= 4 is 66.4 Å². The Labute approximate surface area is 192 Å². The maximum atomic E-state index is 13.0. The molecule has 0 spiro atoms. The average molecular weight is 465 g/mol. The first-order chi connectivity index (χ1) is 11.5. The SMILES string of the molecule is COC(=O)C(C)N(C(=O)Cc1ccccc1)c1c(C)cccc1C.[Ba+2].[H-].[H-]. The monoisotopic (exact) mass is 465 g/mol. The third-order valence-electron chi connectivity index (χ3n) is 4.08. The van der Waals surface area contributed by atoms with Crippen LogP contribution in [0.1, 0.15) is 26.5 Å². The Morgan fingerprint density at radius 1 is 1.04 bits per heavy atom. The van der Waals surface area contributed by atoms with Crippen LogP contribution in [0.25, 0.3) is 0 Å². The zero-order valence-electron chi connectivity index (χ0n) is 17.3. The maximum Gasteiger partial charge on any atom is 2.00 e. The summed E-state index contributed by atoms with van der Waals surface area (Å²) in [4.78, 5) is 26.6. The molecule has 0 saturated heterocycles. The molecule has 0 saturated carbocycles. The van der Waals surface area contributed by atoms with E-state index in [9.17, 15) is 9.59 Å². The van der Waals surface area contributed by atoms with E-state index >= 15 is 0 Å². The van der Waals surface area contributed by atoms with Crippen LogP contribution in [0, 0.1) is 13.8 Å². The van der Waals surface area contributed by atoms with Gasteiger partial charge in [0.1, 0.15) is 6.04 Å². The predicted molar refractivity (Wildman–Crippen MR) is 103 cm³/mol. The third-order valence-corrected chi connectivity index (χ3v) is 4.08. The van der Waals surface area contributed by atoms with Gasteiger partial charge in [0.15, 0.2) is 0 Å². The van der Waals surface area contributed by atoms with Crippen LogP contribution >= 0.6 is 0 Å². The first-order valence-electron chi connectivity index (χ1n) is 7.95. The number of anilines is 1. The van der Waals surface area contributed by atoms with Crippen molar-refractivity contribution in [3.05, 3.63) is 65.2 Å². The molecule has 1 amide bonds. The van der Waals surface area contributed by atoms with Crippen LogP contribution in [0.2, 0.25) is 0 Å². The van der Waals surface area contributed by atoms with Crippen molar-refractivity contribution in [1.29, 1.82) is 0 Å². The van der Waals surface area contributed by atoms with Gasteiger partial charge in [-0.15, -0.1) is 0 Å². The minimum absolute atomic E-state index is 0. The van der Waals surface area contributed by atoms with Gasteiger partial charge < -0.3 is 7.59 Å². The second-order valence-corrected chi connectivity index (χ2v) is 5.87. The van der Waals surface area contributed by atoms with Crippen LogP contribution in [-0.4, -0.2) is 73.9 Å². The number of nitrogens with zero attached hydrogens (tertiary/aromatic N) is 1. The Bertz CT molecular complexity index is 721. The zero-order chi connectivity index (χ0) is 17.7. The van der Waals surface area contributed by atoms with Gasteiger partial charge >= 0.3 is 54.9 Å². The largest absolute Gasteiger partial charge is 2.00 e. The van der Waals surface area contributed by atoms with Gasteiger partial charge in [0, 0.05) is 0 Å². The summed E-state index contributed by atoms with van der Waals surface area (Å²) in [7, 11) is 1.34. The summed E-state index contributed by atoms with van der Waals surface area (Å²) in [5.41, 5.74) is 3.59. The number of para-hydroxylation sites is 1. The zero-order valence-corrected chi connectivity index (χ0v) is 19.7. The van der Waals surface area contributed by atoms with E-state index in [1.807, 2.05) is 62.4 Å². The molecule has 0 heterocycles. The van der Waals surface area contributed by atoms with E-state index < -0.39 is 12.0 Å². The van der Waals surface area contributed by atoms with Crippen molar-refractivity contribution in [2.24, 2.45) is 0 Å². The van der Waals surface area contributed by atoms with E-state index in [2.05, 4.69) is 0 Å². The summed E-state index contributed by atoms with van der Waals surface area (Å²) in [5, 5.41) is 0. The minimum Gasteiger partial charge on any atom is -1.00 e. The molecule has 0 aromatic heterocycles. The summed E-state index contributed by atoms with van der Waals surface area (Å²) in [5.74, 6) is -0.560. The molecule has 25 heavy (non-hydrogen) atoms. The fraction of sp³-hybridized carbons (Fsp3) is 0.300. The molecule has 2 aromatic rings. The number of aryl methyl sites for hydroxylation is 2. The van der Waals surface area contributed by atoms with Crippen LogP contribution in [0.4, 0.5) is 5.69 Å². The number of amides is 1. The first kappa shape index (κ1) is 22.0. The standard InChI is InChI=1S/C20H23NO3.Ba.2H/c1-14-9-8-10-15(2)19(14)21(16(3)20(23)24-4)18(22)13-17-11-6-5-7-12-17;;;/h5-12,16H,13H2,1-4H3;;;/q;+2;2*-1. The Morgan fingerprint density at radius 2 is 1.60 bits per heavy atom. The molecule has 0 fully saturated rings. The fourth-order valence-corrected chi connectivity index (χ4v) is 2.85. The second-order valence-electron chi connectivity index (χ2n) is 5.87. The van der Waals surface area contributed by atoms with Crippen LogP contribution in [0.15, 0.2) is 48.5 Å². The Hall–Kier alpha value is -1.05. The molecule has 1 atom stereocenters. The van der Waals surface area contributed by atoms with Gasteiger partial charge in [-0.05, 0) is 37.5 Å². The molecule has 2 rings (SSSR count). The Kier molecular flexibility index (Phi) is 8.96. The number of hydrogen-bond donors (Lipinski definition) is 0. The molecule has 0 aliphatic rings. The van der Waals surface area contributed by atoms with E-state index in [1.54, 1.807) is 11.8 Å². The van der Waals surface area contributed by atoms with E-state index in [-0.39, 0.29) is 64.1 Å². The summed E-state index contributed by atoms with van der Waals surface area (Å²) >= 11 is 0. The minimum atomic E-state index is -0.689. The van der Waals surface area contributed by atoms with Crippen LogP contribution in [-0.2, 0) is 20.7 Å². The van der Waals surface area contributed by atoms with Gasteiger partial charge in [0.2, 0.25) is 5.91 Å². The smallest absolute Gasteiger partial charge is 1.00 e. The Balaban J connectivity index is 0. The van der Waals surface area contributed by atoms with Gasteiger partial charge in [0.25, 0.3) is 0 Å². The number of esters is 1. The molecule has 2 aromatic carbocycles. The average Bonchev–Trinajstić information content (AvgIpc) is 2.57. The van der Waals surface area contributed by atoms with E-state index in [1.165, 1.54) is 7.11 Å². The number of hydrogen-bond acceptors (Lipinski definition) is 3. The molecule has 1 unspecified atom stereocenters. The van der Waals surface area contributed by atoms with Crippen LogP contribution in [0.5, 0.6) is 0 Å². The molecule has 0 aliphatic carbocycles. The number of methoxy groups -OCH3 is 1. The van der Waals surface area contributed by atoms with Crippen molar-refractivity contribution < 1.29 is 17.2 Å². The second kappa shape index (κ2) is 10.2. The molecule has 0 radical (unpaired) electrons. The molecule has 0 bridgehead atoms. The summed E-state index contributed by atoms with van der Waals surface area (Å²) in [6.45, 7) is 5.57. The van der Waals surface area contributed by atoms with Crippen molar-refractivity contribution in [2.75, 3.05) is 12.0 Å². The van der Waals surface area contributed by atoms with Gasteiger partial charge in [-0.1, -0.05) is 48.5 Å². The predicted octanol–water partition coefficient (Wildman–Crippen LogP) is 3.28. The first-order valence-corrected chi connectivity index (χ1v) is 7.95. The van der Waals surface area contributed by atoms with Gasteiger partial charge in [-0.2, -0.15) is 0 Å². The summed E-state index contributed by atoms with van der Waals surface area (Å²) in [6.07, 6.45) is 0.232. The molecule has 130 valence electrons. The van der Waals surface area contributed by atoms with Crippen molar-refractivity contribution in [1.82, 2.24) is 0 Å². The summed E-state index contributed by atoms with van der Waals surface area (Å²) < 4.78 is 4.86. The molecule has 0 N–H and O–H groups in total. The number of ether oxygens (including phenoxy) is 1. The topological polar surface area (TPSA) is 46.6 Å². The number of carbonyl (C=O) groups is 2. The summed E-state index contributed by atoms with van der Waals surface area (Å²) in [6, 6.07) is 14.7. The van der Waals surface area contributed by atoms with Crippen molar-refractivity contribution in [3.8, 4) is 0 Å². The number of carbonyl (C=O) groups excluding carboxylic acids is 2. The number of rotatable bonds is 5. The molecule has 4 nitrogen and oxygen atoms in total.